The van der Waals surface area contributed by atoms with E-state index in [-0.39, 0.29) is 6.04 Å². The van der Waals surface area contributed by atoms with Crippen LogP contribution in [0.4, 0.5) is 0 Å². The summed E-state index contributed by atoms with van der Waals surface area (Å²) in [7, 11) is 0. The Hall–Kier alpha value is -0.730. The van der Waals surface area contributed by atoms with Crippen LogP contribution in [0.15, 0.2) is 18.2 Å². The van der Waals surface area contributed by atoms with Crippen LogP contribution in [0.5, 0.6) is 5.75 Å². The molecule has 1 unspecified atom stereocenters. The Morgan fingerprint density at radius 1 is 1.41 bits per heavy atom. The predicted octanol–water partition coefficient (Wildman–Crippen LogP) is 3.55. The molecule has 1 fully saturated rings. The van der Waals surface area contributed by atoms with Crippen LogP contribution in [0.1, 0.15) is 38.2 Å². The van der Waals surface area contributed by atoms with Crippen LogP contribution < -0.4 is 10.5 Å². The molecular weight excluding hydrogens is 234 g/mol. The molecule has 1 aromatic rings. The maximum absolute atomic E-state index is 6.22. The number of halogens is 1. The monoisotopic (exact) mass is 253 g/mol. The zero-order chi connectivity index (χ0) is 12.3. The van der Waals surface area contributed by atoms with Gasteiger partial charge in [0, 0.05) is 16.6 Å². The van der Waals surface area contributed by atoms with E-state index in [9.17, 15) is 0 Å². The summed E-state index contributed by atoms with van der Waals surface area (Å²) in [6, 6.07) is 5.95. The van der Waals surface area contributed by atoms with Crippen molar-refractivity contribution in [2.24, 2.45) is 5.73 Å². The summed E-state index contributed by atoms with van der Waals surface area (Å²) in [6.45, 7) is 1.99. The number of benzene rings is 1. The van der Waals surface area contributed by atoms with Crippen molar-refractivity contribution in [2.45, 2.75) is 51.2 Å². The summed E-state index contributed by atoms with van der Waals surface area (Å²) in [6.07, 6.45) is 5.98. The maximum Gasteiger partial charge on any atom is 0.124 e. The van der Waals surface area contributed by atoms with Gasteiger partial charge in [0.1, 0.15) is 5.75 Å². The van der Waals surface area contributed by atoms with E-state index in [4.69, 9.17) is 22.1 Å². The molecule has 1 aromatic carbocycles. The third kappa shape index (κ3) is 3.36. The molecule has 17 heavy (non-hydrogen) atoms. The van der Waals surface area contributed by atoms with E-state index >= 15 is 0 Å². The third-order valence-corrected chi connectivity index (χ3v) is 3.55. The first kappa shape index (κ1) is 12.7. The van der Waals surface area contributed by atoms with Gasteiger partial charge in [0.25, 0.3) is 0 Å². The van der Waals surface area contributed by atoms with Crippen molar-refractivity contribution in [3.05, 3.63) is 28.8 Å². The molecule has 0 amide bonds. The van der Waals surface area contributed by atoms with Gasteiger partial charge in [-0.05, 0) is 51.2 Å². The Morgan fingerprint density at radius 3 is 2.76 bits per heavy atom. The van der Waals surface area contributed by atoms with Crippen LogP contribution >= 0.6 is 11.6 Å². The first-order valence-corrected chi connectivity index (χ1v) is 6.74. The lowest BCUT2D eigenvalue weighted by Gasteiger charge is -2.18. The van der Waals surface area contributed by atoms with Gasteiger partial charge in [-0.15, -0.1) is 0 Å². The first-order valence-electron chi connectivity index (χ1n) is 6.36. The summed E-state index contributed by atoms with van der Waals surface area (Å²) in [5.74, 6) is 0.918. The molecular formula is C14H20ClNO. The smallest absolute Gasteiger partial charge is 0.124 e. The van der Waals surface area contributed by atoms with Crippen molar-refractivity contribution < 1.29 is 4.74 Å². The zero-order valence-corrected chi connectivity index (χ0v) is 11.0. The summed E-state index contributed by atoms with van der Waals surface area (Å²) in [5, 5.41) is 0.762. The molecule has 0 aromatic heterocycles. The van der Waals surface area contributed by atoms with E-state index in [1.165, 1.54) is 12.8 Å². The summed E-state index contributed by atoms with van der Waals surface area (Å²) < 4.78 is 6.05. The second kappa shape index (κ2) is 5.74. The van der Waals surface area contributed by atoms with Gasteiger partial charge in [-0.3, -0.25) is 0 Å². The van der Waals surface area contributed by atoms with Crippen LogP contribution in [-0.2, 0) is 6.42 Å². The number of nitrogens with two attached hydrogens (primary N) is 1. The lowest BCUT2D eigenvalue weighted by molar-refractivity contribution is 0.207. The number of hydrogen-bond acceptors (Lipinski definition) is 2. The summed E-state index contributed by atoms with van der Waals surface area (Å²) in [5.41, 5.74) is 6.91. The standard InChI is InChI=1S/C14H20ClNO/c1-10(16)9-12-13(15)7-4-8-14(12)17-11-5-2-3-6-11/h4,7-8,10-11H,2-3,5-6,9,16H2,1H3. The molecule has 0 bridgehead atoms. The highest BCUT2D eigenvalue weighted by atomic mass is 35.5. The van der Waals surface area contributed by atoms with Gasteiger partial charge in [0.15, 0.2) is 0 Å². The van der Waals surface area contributed by atoms with E-state index in [0.717, 1.165) is 35.6 Å². The van der Waals surface area contributed by atoms with Gasteiger partial charge in [-0.25, -0.2) is 0 Å². The topological polar surface area (TPSA) is 35.2 Å². The van der Waals surface area contributed by atoms with Crippen LogP contribution in [0.3, 0.4) is 0 Å². The summed E-state index contributed by atoms with van der Waals surface area (Å²) >= 11 is 6.22. The van der Waals surface area contributed by atoms with E-state index in [1.54, 1.807) is 0 Å². The zero-order valence-electron chi connectivity index (χ0n) is 10.3. The Kier molecular flexibility index (Phi) is 4.30. The highest BCUT2D eigenvalue weighted by Gasteiger charge is 2.19. The average molecular weight is 254 g/mol. The number of rotatable bonds is 4. The van der Waals surface area contributed by atoms with E-state index in [0.29, 0.717) is 6.10 Å². The van der Waals surface area contributed by atoms with Crippen molar-refractivity contribution in [3.8, 4) is 5.75 Å². The fourth-order valence-electron chi connectivity index (χ4n) is 2.36. The Labute approximate surface area is 108 Å². The molecule has 0 saturated heterocycles. The van der Waals surface area contributed by atoms with Gasteiger partial charge in [-0.1, -0.05) is 17.7 Å². The second-order valence-corrected chi connectivity index (χ2v) is 5.33. The van der Waals surface area contributed by atoms with Gasteiger partial charge >= 0.3 is 0 Å². The van der Waals surface area contributed by atoms with Crippen molar-refractivity contribution >= 4 is 11.6 Å². The van der Waals surface area contributed by atoms with Crippen molar-refractivity contribution in [3.63, 3.8) is 0 Å². The molecule has 94 valence electrons. The largest absolute Gasteiger partial charge is 0.490 e. The normalized spacial score (nSPS) is 18.3. The second-order valence-electron chi connectivity index (χ2n) is 4.92. The molecule has 0 spiro atoms. The average Bonchev–Trinajstić information content (AvgIpc) is 2.75. The minimum atomic E-state index is 0.0980. The lowest BCUT2D eigenvalue weighted by atomic mass is 10.1. The van der Waals surface area contributed by atoms with Crippen LogP contribution in [0, 0.1) is 0 Å². The fraction of sp³-hybridized carbons (Fsp3) is 0.571. The Morgan fingerprint density at radius 2 is 2.12 bits per heavy atom. The third-order valence-electron chi connectivity index (χ3n) is 3.20. The first-order chi connectivity index (χ1) is 8.16. The molecule has 1 aliphatic carbocycles. The Balaban J connectivity index is 2.16. The maximum atomic E-state index is 6.22. The van der Waals surface area contributed by atoms with Gasteiger partial charge in [0.05, 0.1) is 6.10 Å². The molecule has 1 aliphatic rings. The quantitative estimate of drug-likeness (QED) is 0.891. The fourth-order valence-corrected chi connectivity index (χ4v) is 2.60. The molecule has 2 N–H and O–H groups in total. The Bertz CT molecular complexity index is 372. The van der Waals surface area contributed by atoms with Crippen LogP contribution in [0.2, 0.25) is 5.02 Å². The molecule has 3 heteroatoms. The predicted molar refractivity (Wildman–Crippen MR) is 71.7 cm³/mol. The molecule has 0 radical (unpaired) electrons. The van der Waals surface area contributed by atoms with Gasteiger partial charge in [-0.2, -0.15) is 0 Å². The highest BCUT2D eigenvalue weighted by Crippen LogP contribution is 2.31. The molecule has 0 heterocycles. The molecule has 2 rings (SSSR count). The molecule has 0 aliphatic heterocycles. The minimum absolute atomic E-state index is 0.0980. The molecule has 2 nitrogen and oxygen atoms in total. The van der Waals surface area contributed by atoms with Crippen molar-refractivity contribution in [1.29, 1.82) is 0 Å². The van der Waals surface area contributed by atoms with Crippen molar-refractivity contribution in [1.82, 2.24) is 0 Å². The molecule has 1 saturated carbocycles. The van der Waals surface area contributed by atoms with Crippen molar-refractivity contribution in [2.75, 3.05) is 0 Å². The summed E-state index contributed by atoms with van der Waals surface area (Å²) in [4.78, 5) is 0. The number of ether oxygens (including phenoxy) is 1. The lowest BCUT2D eigenvalue weighted by Crippen LogP contribution is -2.20. The number of hydrogen-bond donors (Lipinski definition) is 1. The SMILES string of the molecule is CC(N)Cc1c(Cl)cccc1OC1CCCC1. The van der Waals surface area contributed by atoms with E-state index < -0.39 is 0 Å². The van der Waals surface area contributed by atoms with Gasteiger partial charge < -0.3 is 10.5 Å². The highest BCUT2D eigenvalue weighted by molar-refractivity contribution is 6.31. The van der Waals surface area contributed by atoms with Crippen LogP contribution in [0.25, 0.3) is 0 Å². The van der Waals surface area contributed by atoms with Gasteiger partial charge in [0.2, 0.25) is 0 Å². The van der Waals surface area contributed by atoms with E-state index in [2.05, 4.69) is 0 Å². The molecule has 1 atom stereocenters. The van der Waals surface area contributed by atoms with Crippen LogP contribution in [-0.4, -0.2) is 12.1 Å². The minimum Gasteiger partial charge on any atom is -0.490 e. The van der Waals surface area contributed by atoms with E-state index in [1.807, 2.05) is 25.1 Å².